The number of hydrogen-bond acceptors (Lipinski definition) is 10. The minimum absolute atomic E-state index is 0.0413. The molecule has 0 aliphatic heterocycles. The Bertz CT molecular complexity index is 1010. The van der Waals surface area contributed by atoms with Crippen LogP contribution in [-0.2, 0) is 38.4 Å². The second-order valence-electron chi connectivity index (χ2n) is 9.60. The SMILES string of the molecule is CSCC[C@H](NC(=O)[C@@H](NC(=O)[C@@H](N)CCC(=O)O)C(C)C)C(=O)N[C@@H](CCC(=O)O)C(=O)N[C@@H](CC(=O)O)C(=O)O. The van der Waals surface area contributed by atoms with Crippen molar-refractivity contribution in [2.45, 2.75) is 82.6 Å². The molecule has 0 aromatic heterocycles. The minimum atomic E-state index is -1.86. The van der Waals surface area contributed by atoms with Crippen molar-refractivity contribution in [3.05, 3.63) is 0 Å². The molecule has 0 aliphatic rings. The summed E-state index contributed by atoms with van der Waals surface area (Å²) in [5.74, 6) is -9.45. The van der Waals surface area contributed by atoms with Crippen LogP contribution >= 0.6 is 11.8 Å². The Hall–Kier alpha value is -3.93. The van der Waals surface area contributed by atoms with Crippen LogP contribution in [0.25, 0.3) is 0 Å². The molecule has 0 fully saturated rings. The first-order valence-corrected chi connectivity index (χ1v) is 14.2. The maximum absolute atomic E-state index is 13.2. The number of carbonyl (C=O) groups is 8. The van der Waals surface area contributed by atoms with E-state index < -0.39 is 103 Å². The normalized spacial score (nSPS) is 14.4. The standard InChI is InChI=1S/C24H39N5O12S/c1-11(2)19(29-20(36)12(25)4-6-16(30)31)23(39)27-14(8-9-42-3)22(38)26-13(5-7-17(32)33)21(37)28-15(24(40)41)10-18(34)35/h11-15,19H,4-10,25H2,1-3H3,(H,26,38)(H,27,39)(H,28,37)(H,29,36)(H,30,31)(H,32,33)(H,34,35)(H,40,41)/t12-,13-,14-,15-,19-/m0/s1. The average Bonchev–Trinajstić information content (AvgIpc) is 2.88. The van der Waals surface area contributed by atoms with Crippen LogP contribution < -0.4 is 27.0 Å². The van der Waals surface area contributed by atoms with Crippen molar-refractivity contribution in [1.29, 1.82) is 0 Å². The number of hydrogen-bond donors (Lipinski definition) is 9. The first-order chi connectivity index (χ1) is 19.5. The molecular formula is C24H39N5O12S. The van der Waals surface area contributed by atoms with Crippen LogP contribution in [0, 0.1) is 5.92 Å². The molecule has 42 heavy (non-hydrogen) atoms. The number of amides is 4. The fraction of sp³-hybridized carbons (Fsp3) is 0.667. The highest BCUT2D eigenvalue weighted by Gasteiger charge is 2.33. The van der Waals surface area contributed by atoms with Crippen LogP contribution in [0.3, 0.4) is 0 Å². The predicted molar refractivity (Wildman–Crippen MR) is 147 cm³/mol. The number of carboxylic acids is 4. The Kier molecular flexibility index (Phi) is 17.4. The van der Waals surface area contributed by atoms with E-state index in [0.717, 1.165) is 0 Å². The molecule has 0 heterocycles. The number of nitrogens with two attached hydrogens (primary N) is 1. The van der Waals surface area contributed by atoms with E-state index in [0.29, 0.717) is 5.75 Å². The van der Waals surface area contributed by atoms with E-state index in [2.05, 4.69) is 16.0 Å². The minimum Gasteiger partial charge on any atom is -0.481 e. The molecule has 0 rings (SSSR count). The number of carbonyl (C=O) groups excluding carboxylic acids is 4. The van der Waals surface area contributed by atoms with Crippen molar-refractivity contribution >= 4 is 59.3 Å². The Morgan fingerprint density at radius 3 is 1.57 bits per heavy atom. The summed E-state index contributed by atoms with van der Waals surface area (Å²) in [6.07, 6.45) is -0.848. The molecule has 0 radical (unpaired) electrons. The number of aliphatic carboxylic acids is 4. The summed E-state index contributed by atoms with van der Waals surface area (Å²) >= 11 is 1.32. The van der Waals surface area contributed by atoms with Crippen molar-refractivity contribution in [1.82, 2.24) is 21.3 Å². The van der Waals surface area contributed by atoms with Crippen molar-refractivity contribution in [2.75, 3.05) is 12.0 Å². The van der Waals surface area contributed by atoms with Crippen molar-refractivity contribution in [3.63, 3.8) is 0 Å². The molecule has 0 aliphatic carbocycles. The van der Waals surface area contributed by atoms with Crippen molar-refractivity contribution < 1.29 is 58.8 Å². The molecule has 0 aromatic carbocycles. The van der Waals surface area contributed by atoms with Gasteiger partial charge in [-0.05, 0) is 37.2 Å². The first-order valence-electron chi connectivity index (χ1n) is 12.8. The maximum Gasteiger partial charge on any atom is 0.326 e. The summed E-state index contributed by atoms with van der Waals surface area (Å²) in [5.41, 5.74) is 5.72. The van der Waals surface area contributed by atoms with E-state index >= 15 is 0 Å². The number of carboxylic acid groups (broad SMARTS) is 4. The van der Waals surface area contributed by atoms with Gasteiger partial charge in [0.25, 0.3) is 0 Å². The van der Waals surface area contributed by atoms with Gasteiger partial charge >= 0.3 is 23.9 Å². The highest BCUT2D eigenvalue weighted by Crippen LogP contribution is 2.09. The summed E-state index contributed by atoms with van der Waals surface area (Å²) in [6, 6.07) is -7.13. The van der Waals surface area contributed by atoms with Gasteiger partial charge in [-0.1, -0.05) is 13.8 Å². The lowest BCUT2D eigenvalue weighted by Gasteiger charge is -2.27. The van der Waals surface area contributed by atoms with E-state index in [-0.39, 0.29) is 19.3 Å². The molecule has 0 bridgehead atoms. The van der Waals surface area contributed by atoms with Gasteiger partial charge in [0.15, 0.2) is 0 Å². The molecule has 17 nitrogen and oxygen atoms in total. The molecule has 238 valence electrons. The van der Waals surface area contributed by atoms with Gasteiger partial charge in [0.1, 0.15) is 24.2 Å². The number of nitrogens with one attached hydrogen (secondary N) is 4. The van der Waals surface area contributed by atoms with Crippen molar-refractivity contribution in [2.24, 2.45) is 11.7 Å². The summed E-state index contributed by atoms with van der Waals surface area (Å²) in [4.78, 5) is 95.7. The fourth-order valence-corrected chi connectivity index (χ4v) is 3.90. The molecule has 18 heteroatoms. The zero-order valence-corrected chi connectivity index (χ0v) is 24.3. The Morgan fingerprint density at radius 1 is 0.643 bits per heavy atom. The second kappa shape index (κ2) is 19.2. The van der Waals surface area contributed by atoms with Crippen LogP contribution in [-0.4, -0.2) is 110 Å². The molecule has 0 saturated carbocycles. The zero-order valence-electron chi connectivity index (χ0n) is 23.5. The first kappa shape index (κ1) is 38.1. The third kappa shape index (κ3) is 15.2. The quantitative estimate of drug-likeness (QED) is 0.0667. The average molecular weight is 622 g/mol. The molecule has 0 aromatic rings. The second-order valence-corrected chi connectivity index (χ2v) is 10.6. The van der Waals surface area contributed by atoms with Gasteiger partial charge in [0.05, 0.1) is 12.5 Å². The van der Waals surface area contributed by atoms with Gasteiger partial charge in [-0.3, -0.25) is 33.6 Å². The lowest BCUT2D eigenvalue weighted by atomic mass is 10.0. The van der Waals surface area contributed by atoms with E-state index in [1.54, 1.807) is 20.1 Å². The Balaban J connectivity index is 5.82. The van der Waals surface area contributed by atoms with E-state index in [9.17, 15) is 43.5 Å². The third-order valence-electron chi connectivity index (χ3n) is 5.77. The van der Waals surface area contributed by atoms with E-state index in [1.807, 2.05) is 5.32 Å². The van der Waals surface area contributed by atoms with Crippen LogP contribution in [0.4, 0.5) is 0 Å². The zero-order chi connectivity index (χ0) is 32.6. The molecule has 4 amide bonds. The summed E-state index contributed by atoms with van der Waals surface area (Å²) in [5, 5.41) is 45.1. The lowest BCUT2D eigenvalue weighted by Crippen LogP contribution is -2.59. The van der Waals surface area contributed by atoms with Crippen LogP contribution in [0.1, 0.15) is 52.4 Å². The highest BCUT2D eigenvalue weighted by atomic mass is 32.2. The topological polar surface area (TPSA) is 292 Å². The number of rotatable bonds is 21. The molecule has 0 saturated heterocycles. The molecule has 0 unspecified atom stereocenters. The maximum atomic E-state index is 13.2. The Labute approximate surface area is 245 Å². The van der Waals surface area contributed by atoms with Gasteiger partial charge in [0, 0.05) is 12.8 Å². The summed E-state index contributed by atoms with van der Waals surface area (Å²) < 4.78 is 0. The van der Waals surface area contributed by atoms with Crippen molar-refractivity contribution in [3.8, 4) is 0 Å². The Morgan fingerprint density at radius 2 is 1.12 bits per heavy atom. The molecule has 10 N–H and O–H groups in total. The van der Waals surface area contributed by atoms with Crippen LogP contribution in [0.5, 0.6) is 0 Å². The van der Waals surface area contributed by atoms with Gasteiger partial charge in [-0.2, -0.15) is 11.8 Å². The smallest absolute Gasteiger partial charge is 0.326 e. The van der Waals surface area contributed by atoms with E-state index in [1.165, 1.54) is 11.8 Å². The van der Waals surface area contributed by atoms with Crippen LogP contribution in [0.2, 0.25) is 0 Å². The van der Waals surface area contributed by atoms with Gasteiger partial charge in [-0.15, -0.1) is 0 Å². The van der Waals surface area contributed by atoms with Gasteiger partial charge < -0.3 is 47.4 Å². The number of thioether (sulfide) groups is 1. The highest BCUT2D eigenvalue weighted by molar-refractivity contribution is 7.98. The summed E-state index contributed by atoms with van der Waals surface area (Å²) in [6.45, 7) is 3.21. The van der Waals surface area contributed by atoms with Crippen LogP contribution in [0.15, 0.2) is 0 Å². The lowest BCUT2D eigenvalue weighted by molar-refractivity contribution is -0.147. The van der Waals surface area contributed by atoms with E-state index in [4.69, 9.17) is 21.1 Å². The fourth-order valence-electron chi connectivity index (χ4n) is 3.43. The predicted octanol–water partition coefficient (Wildman–Crippen LogP) is -2.05. The largest absolute Gasteiger partial charge is 0.481 e. The summed E-state index contributed by atoms with van der Waals surface area (Å²) in [7, 11) is 0. The molecule has 5 atom stereocenters. The third-order valence-corrected chi connectivity index (χ3v) is 6.41. The van der Waals surface area contributed by atoms with Gasteiger partial charge in [-0.25, -0.2) is 4.79 Å². The monoisotopic (exact) mass is 621 g/mol. The molecule has 0 spiro atoms. The van der Waals surface area contributed by atoms with Gasteiger partial charge in [0.2, 0.25) is 23.6 Å². The molecular weight excluding hydrogens is 582 g/mol.